The molecule has 0 unspecified atom stereocenters. The van der Waals surface area contributed by atoms with E-state index < -0.39 is 10.8 Å². The van der Waals surface area contributed by atoms with Crippen molar-refractivity contribution < 1.29 is 9.00 Å². The van der Waals surface area contributed by atoms with Gasteiger partial charge in [-0.15, -0.1) is 0 Å². The number of nitrogens with one attached hydrogen (secondary N) is 1. The normalized spacial score (nSPS) is 12.2. The second kappa shape index (κ2) is 9.28. The van der Waals surface area contributed by atoms with Gasteiger partial charge in [-0.05, 0) is 17.7 Å². The van der Waals surface area contributed by atoms with Gasteiger partial charge in [-0.25, -0.2) is 0 Å². The van der Waals surface area contributed by atoms with Crippen LogP contribution in [0.4, 0.5) is 5.69 Å². The SMILES string of the molecule is O=C(CC[S@](=O)C/C=C/c1ccccc1)Nc1ccccc1Cl. The molecule has 2 aromatic carbocycles. The van der Waals surface area contributed by atoms with E-state index in [1.807, 2.05) is 42.5 Å². The quantitative estimate of drug-likeness (QED) is 0.818. The van der Waals surface area contributed by atoms with Gasteiger partial charge in [0.1, 0.15) is 0 Å². The van der Waals surface area contributed by atoms with Crippen LogP contribution in [0.1, 0.15) is 12.0 Å². The van der Waals surface area contributed by atoms with Gasteiger partial charge in [0.2, 0.25) is 5.91 Å². The fraction of sp³-hybridized carbons (Fsp3) is 0.167. The lowest BCUT2D eigenvalue weighted by Crippen LogP contribution is -2.15. The third-order valence-electron chi connectivity index (χ3n) is 3.10. The van der Waals surface area contributed by atoms with E-state index >= 15 is 0 Å². The lowest BCUT2D eigenvalue weighted by Gasteiger charge is -2.06. The van der Waals surface area contributed by atoms with Crippen LogP contribution in [0.5, 0.6) is 0 Å². The van der Waals surface area contributed by atoms with Gasteiger partial charge in [0.05, 0.1) is 10.7 Å². The summed E-state index contributed by atoms with van der Waals surface area (Å²) in [5.74, 6) is 0.586. The van der Waals surface area contributed by atoms with Crippen LogP contribution in [0.25, 0.3) is 6.08 Å². The molecular weight excluding hydrogens is 330 g/mol. The Bertz CT molecular complexity index is 701. The number of amides is 1. The van der Waals surface area contributed by atoms with E-state index in [0.29, 0.717) is 22.2 Å². The molecule has 120 valence electrons. The number of hydrogen-bond donors (Lipinski definition) is 1. The van der Waals surface area contributed by atoms with Gasteiger partial charge in [0.25, 0.3) is 0 Å². The smallest absolute Gasteiger partial charge is 0.225 e. The largest absolute Gasteiger partial charge is 0.325 e. The molecule has 23 heavy (non-hydrogen) atoms. The first-order valence-corrected chi connectivity index (χ1v) is 9.12. The fourth-order valence-corrected chi connectivity index (χ4v) is 2.99. The zero-order valence-electron chi connectivity index (χ0n) is 12.6. The topological polar surface area (TPSA) is 46.2 Å². The minimum absolute atomic E-state index is 0.182. The second-order valence-electron chi connectivity index (χ2n) is 4.90. The van der Waals surface area contributed by atoms with Crippen molar-refractivity contribution >= 4 is 40.1 Å². The van der Waals surface area contributed by atoms with Gasteiger partial charge in [-0.3, -0.25) is 9.00 Å². The Morgan fingerprint density at radius 1 is 1.09 bits per heavy atom. The molecule has 0 aliphatic carbocycles. The number of carbonyl (C=O) groups is 1. The van der Waals surface area contributed by atoms with Crippen LogP contribution >= 0.6 is 11.6 Å². The van der Waals surface area contributed by atoms with Gasteiger partial charge in [-0.1, -0.05) is 66.2 Å². The Morgan fingerprint density at radius 2 is 1.78 bits per heavy atom. The van der Waals surface area contributed by atoms with E-state index in [4.69, 9.17) is 11.6 Å². The van der Waals surface area contributed by atoms with Crippen LogP contribution in [0.15, 0.2) is 60.7 Å². The predicted molar refractivity (Wildman–Crippen MR) is 98.1 cm³/mol. The number of anilines is 1. The Kier molecular flexibility index (Phi) is 7.04. The second-order valence-corrected chi connectivity index (χ2v) is 6.93. The lowest BCUT2D eigenvalue weighted by molar-refractivity contribution is -0.115. The van der Waals surface area contributed by atoms with Crippen molar-refractivity contribution in [1.29, 1.82) is 0 Å². The van der Waals surface area contributed by atoms with Crippen LogP contribution in [0.3, 0.4) is 0 Å². The molecule has 0 aliphatic heterocycles. The Morgan fingerprint density at radius 3 is 2.52 bits per heavy atom. The summed E-state index contributed by atoms with van der Waals surface area (Å²) in [5, 5.41) is 3.22. The third-order valence-corrected chi connectivity index (χ3v) is 4.65. The molecule has 3 nitrogen and oxygen atoms in total. The highest BCUT2D eigenvalue weighted by Crippen LogP contribution is 2.20. The Balaban J connectivity index is 1.73. The van der Waals surface area contributed by atoms with E-state index in [9.17, 15) is 9.00 Å². The Labute approximate surface area is 143 Å². The molecule has 1 atom stereocenters. The predicted octanol–water partition coefficient (Wildman–Crippen LogP) is 4.13. The molecule has 0 spiro atoms. The molecule has 0 bridgehead atoms. The molecule has 0 radical (unpaired) electrons. The van der Waals surface area contributed by atoms with Crippen LogP contribution in [-0.4, -0.2) is 21.6 Å². The van der Waals surface area contributed by atoms with E-state index in [1.54, 1.807) is 24.3 Å². The van der Waals surface area contributed by atoms with Crippen LogP contribution < -0.4 is 5.32 Å². The van der Waals surface area contributed by atoms with Crippen LogP contribution in [-0.2, 0) is 15.6 Å². The monoisotopic (exact) mass is 347 g/mol. The molecule has 2 rings (SSSR count). The summed E-state index contributed by atoms with van der Waals surface area (Å²) < 4.78 is 11.9. The average Bonchev–Trinajstić information content (AvgIpc) is 2.56. The molecule has 0 aliphatic rings. The van der Waals surface area contributed by atoms with Crippen molar-refractivity contribution in [3.8, 4) is 0 Å². The van der Waals surface area contributed by atoms with E-state index in [-0.39, 0.29) is 12.3 Å². The molecule has 0 saturated carbocycles. The van der Waals surface area contributed by atoms with Crippen molar-refractivity contribution in [3.05, 3.63) is 71.3 Å². The summed E-state index contributed by atoms with van der Waals surface area (Å²) in [4.78, 5) is 11.8. The summed E-state index contributed by atoms with van der Waals surface area (Å²) in [6.07, 6.45) is 4.01. The number of hydrogen-bond acceptors (Lipinski definition) is 2. The highest BCUT2D eigenvalue weighted by Gasteiger charge is 2.07. The first-order chi connectivity index (χ1) is 11.1. The third kappa shape index (κ3) is 6.38. The number of carbonyl (C=O) groups excluding carboxylic acids is 1. The summed E-state index contributed by atoms with van der Waals surface area (Å²) in [5.41, 5.74) is 1.65. The molecule has 2 aromatic rings. The zero-order chi connectivity index (χ0) is 16.5. The van der Waals surface area contributed by atoms with E-state index in [1.165, 1.54) is 0 Å². The van der Waals surface area contributed by atoms with Gasteiger partial charge < -0.3 is 5.32 Å². The van der Waals surface area contributed by atoms with Crippen LogP contribution in [0, 0.1) is 0 Å². The van der Waals surface area contributed by atoms with E-state index in [2.05, 4.69) is 5.32 Å². The van der Waals surface area contributed by atoms with Crippen molar-refractivity contribution in [1.82, 2.24) is 0 Å². The molecule has 1 N–H and O–H groups in total. The highest BCUT2D eigenvalue weighted by atomic mass is 35.5. The van der Waals surface area contributed by atoms with Gasteiger partial charge in [0.15, 0.2) is 0 Å². The average molecular weight is 348 g/mol. The molecule has 0 saturated heterocycles. The van der Waals surface area contributed by atoms with Gasteiger partial charge in [0, 0.05) is 28.7 Å². The number of benzene rings is 2. The van der Waals surface area contributed by atoms with Crippen molar-refractivity contribution in [2.75, 3.05) is 16.8 Å². The fourth-order valence-electron chi connectivity index (χ4n) is 1.92. The Hall–Kier alpha value is -1.91. The van der Waals surface area contributed by atoms with Gasteiger partial charge >= 0.3 is 0 Å². The molecular formula is C18H18ClNO2S. The minimum atomic E-state index is -1.06. The molecule has 0 heterocycles. The van der Waals surface area contributed by atoms with Crippen molar-refractivity contribution in [3.63, 3.8) is 0 Å². The molecule has 0 fully saturated rings. The number of halogens is 1. The van der Waals surface area contributed by atoms with Crippen LogP contribution in [0.2, 0.25) is 5.02 Å². The first kappa shape index (κ1) is 17.4. The standard InChI is InChI=1S/C18H18ClNO2S/c19-16-10-4-5-11-17(16)20-18(21)12-14-23(22)13-6-9-15-7-2-1-3-8-15/h1-11H,12-14H2,(H,20,21)/b9-6+/t23-/m1/s1. The minimum Gasteiger partial charge on any atom is -0.325 e. The highest BCUT2D eigenvalue weighted by molar-refractivity contribution is 7.85. The summed E-state index contributed by atoms with van der Waals surface area (Å²) >= 11 is 5.97. The molecule has 5 heteroatoms. The molecule has 0 aromatic heterocycles. The first-order valence-electron chi connectivity index (χ1n) is 7.26. The maximum absolute atomic E-state index is 11.9. The van der Waals surface area contributed by atoms with E-state index in [0.717, 1.165) is 5.56 Å². The van der Waals surface area contributed by atoms with Crippen molar-refractivity contribution in [2.45, 2.75) is 6.42 Å². The number of rotatable bonds is 7. The maximum Gasteiger partial charge on any atom is 0.225 e. The van der Waals surface area contributed by atoms with Gasteiger partial charge in [-0.2, -0.15) is 0 Å². The summed E-state index contributed by atoms with van der Waals surface area (Å²) in [6, 6.07) is 16.9. The lowest BCUT2D eigenvalue weighted by atomic mass is 10.2. The maximum atomic E-state index is 11.9. The zero-order valence-corrected chi connectivity index (χ0v) is 14.1. The summed E-state index contributed by atoms with van der Waals surface area (Å²) in [6.45, 7) is 0. The molecule has 1 amide bonds. The summed E-state index contributed by atoms with van der Waals surface area (Å²) in [7, 11) is -1.06. The number of para-hydroxylation sites is 1. The van der Waals surface area contributed by atoms with Crippen molar-refractivity contribution in [2.24, 2.45) is 0 Å².